The normalized spacial score (nSPS) is 15.1. The van der Waals surface area contributed by atoms with Gasteiger partial charge in [0.2, 0.25) is 0 Å². The highest BCUT2D eigenvalue weighted by atomic mass is 35.5. The Labute approximate surface area is 96.2 Å². The predicted octanol–water partition coefficient (Wildman–Crippen LogP) is 1.81. The van der Waals surface area contributed by atoms with E-state index in [2.05, 4.69) is 17.4 Å². The van der Waals surface area contributed by atoms with Crippen LogP contribution in [0.15, 0.2) is 18.2 Å². The molecular formula is C11H16ClNO2. The molecule has 1 fully saturated rings. The minimum absolute atomic E-state index is 0. The maximum absolute atomic E-state index is 5.25. The van der Waals surface area contributed by atoms with Crippen molar-refractivity contribution in [2.75, 3.05) is 27.3 Å². The number of benzene rings is 1. The molecule has 0 amide bonds. The van der Waals surface area contributed by atoms with Crippen molar-refractivity contribution in [3.05, 3.63) is 23.8 Å². The molecule has 15 heavy (non-hydrogen) atoms. The molecule has 0 saturated carbocycles. The van der Waals surface area contributed by atoms with Gasteiger partial charge in [0.05, 0.1) is 14.2 Å². The molecule has 0 aromatic heterocycles. The van der Waals surface area contributed by atoms with Crippen LogP contribution < -0.4 is 14.8 Å². The molecule has 1 N–H and O–H groups in total. The SMILES string of the molecule is COc1ccc(C2CNC2)cc1OC.Cl. The van der Waals surface area contributed by atoms with Crippen LogP contribution in [0.1, 0.15) is 11.5 Å². The van der Waals surface area contributed by atoms with E-state index >= 15 is 0 Å². The van der Waals surface area contributed by atoms with Crippen LogP contribution in [0.4, 0.5) is 0 Å². The van der Waals surface area contributed by atoms with Gasteiger partial charge in [-0.1, -0.05) is 6.07 Å². The van der Waals surface area contributed by atoms with Crippen molar-refractivity contribution in [1.29, 1.82) is 0 Å². The lowest BCUT2D eigenvalue weighted by Crippen LogP contribution is -2.39. The maximum atomic E-state index is 5.25. The van der Waals surface area contributed by atoms with Crippen LogP contribution in [0.5, 0.6) is 11.5 Å². The Bertz CT molecular complexity index is 326. The van der Waals surface area contributed by atoms with E-state index in [1.807, 2.05) is 6.07 Å². The van der Waals surface area contributed by atoms with Crippen molar-refractivity contribution in [1.82, 2.24) is 5.32 Å². The molecule has 0 atom stereocenters. The Morgan fingerprint density at radius 3 is 2.27 bits per heavy atom. The van der Waals surface area contributed by atoms with Gasteiger partial charge >= 0.3 is 0 Å². The van der Waals surface area contributed by atoms with Crippen LogP contribution in [-0.4, -0.2) is 27.3 Å². The first-order chi connectivity index (χ1) is 6.85. The minimum atomic E-state index is 0. The highest BCUT2D eigenvalue weighted by molar-refractivity contribution is 5.85. The summed E-state index contributed by atoms with van der Waals surface area (Å²) in [6.07, 6.45) is 0. The molecule has 1 saturated heterocycles. The summed E-state index contributed by atoms with van der Waals surface area (Å²) in [5.41, 5.74) is 1.32. The van der Waals surface area contributed by atoms with E-state index in [1.54, 1.807) is 14.2 Å². The summed E-state index contributed by atoms with van der Waals surface area (Å²) in [4.78, 5) is 0. The van der Waals surface area contributed by atoms with E-state index in [-0.39, 0.29) is 12.4 Å². The Hall–Kier alpha value is -0.930. The quantitative estimate of drug-likeness (QED) is 0.858. The first-order valence-corrected chi connectivity index (χ1v) is 4.78. The largest absolute Gasteiger partial charge is 0.493 e. The van der Waals surface area contributed by atoms with E-state index in [0.29, 0.717) is 5.92 Å². The Morgan fingerprint density at radius 2 is 1.80 bits per heavy atom. The first-order valence-electron chi connectivity index (χ1n) is 4.78. The molecule has 1 aliphatic rings. The van der Waals surface area contributed by atoms with Crippen molar-refractivity contribution >= 4 is 12.4 Å². The van der Waals surface area contributed by atoms with Crippen LogP contribution >= 0.6 is 12.4 Å². The van der Waals surface area contributed by atoms with Gasteiger partial charge in [0.25, 0.3) is 0 Å². The lowest BCUT2D eigenvalue weighted by Gasteiger charge is -2.27. The van der Waals surface area contributed by atoms with Crippen LogP contribution in [0.3, 0.4) is 0 Å². The van der Waals surface area contributed by atoms with Gasteiger partial charge < -0.3 is 14.8 Å². The molecule has 1 aromatic carbocycles. The third-order valence-electron chi connectivity index (χ3n) is 2.66. The summed E-state index contributed by atoms with van der Waals surface area (Å²) in [6, 6.07) is 6.13. The fourth-order valence-electron chi connectivity index (χ4n) is 1.63. The van der Waals surface area contributed by atoms with E-state index in [4.69, 9.17) is 9.47 Å². The zero-order chi connectivity index (χ0) is 9.97. The predicted molar refractivity (Wildman–Crippen MR) is 62.4 cm³/mol. The summed E-state index contributed by atoms with van der Waals surface area (Å²) in [5.74, 6) is 2.25. The van der Waals surface area contributed by atoms with Gasteiger partial charge in [-0.3, -0.25) is 0 Å². The molecule has 0 radical (unpaired) electrons. The third-order valence-corrected chi connectivity index (χ3v) is 2.66. The highest BCUT2D eigenvalue weighted by Crippen LogP contribution is 2.31. The van der Waals surface area contributed by atoms with E-state index in [1.165, 1.54) is 5.56 Å². The fraction of sp³-hybridized carbons (Fsp3) is 0.455. The third kappa shape index (κ3) is 2.36. The molecule has 0 aliphatic carbocycles. The number of nitrogens with one attached hydrogen (secondary N) is 1. The molecule has 0 bridgehead atoms. The van der Waals surface area contributed by atoms with Crippen molar-refractivity contribution in [3.8, 4) is 11.5 Å². The standard InChI is InChI=1S/C11H15NO2.ClH/c1-13-10-4-3-8(5-11(10)14-2)9-6-12-7-9;/h3-5,9,12H,6-7H2,1-2H3;1H. The molecule has 0 unspecified atom stereocenters. The number of methoxy groups -OCH3 is 2. The monoisotopic (exact) mass is 229 g/mol. The van der Waals surface area contributed by atoms with E-state index in [9.17, 15) is 0 Å². The van der Waals surface area contributed by atoms with Crippen LogP contribution in [0.25, 0.3) is 0 Å². The molecule has 1 aliphatic heterocycles. The van der Waals surface area contributed by atoms with Gasteiger partial charge in [-0.2, -0.15) is 0 Å². The lowest BCUT2D eigenvalue weighted by molar-refractivity contribution is 0.353. The molecule has 1 heterocycles. The summed E-state index contributed by atoms with van der Waals surface area (Å²) in [5, 5.41) is 3.25. The molecule has 1 aromatic rings. The topological polar surface area (TPSA) is 30.5 Å². The first kappa shape index (κ1) is 12.1. The van der Waals surface area contributed by atoms with Crippen molar-refractivity contribution < 1.29 is 9.47 Å². The van der Waals surface area contributed by atoms with Crippen LogP contribution in [0, 0.1) is 0 Å². The maximum Gasteiger partial charge on any atom is 0.160 e. The Morgan fingerprint density at radius 1 is 1.13 bits per heavy atom. The smallest absolute Gasteiger partial charge is 0.160 e. The highest BCUT2D eigenvalue weighted by Gasteiger charge is 2.19. The number of hydrogen-bond acceptors (Lipinski definition) is 3. The Kier molecular flexibility index (Phi) is 4.24. The van der Waals surface area contributed by atoms with Crippen LogP contribution in [-0.2, 0) is 0 Å². The lowest BCUT2D eigenvalue weighted by atomic mass is 9.93. The molecule has 0 spiro atoms. The van der Waals surface area contributed by atoms with Gasteiger partial charge in [-0.05, 0) is 17.7 Å². The Balaban J connectivity index is 0.00000112. The average molecular weight is 230 g/mol. The fourth-order valence-corrected chi connectivity index (χ4v) is 1.63. The van der Waals surface area contributed by atoms with E-state index in [0.717, 1.165) is 24.6 Å². The number of ether oxygens (including phenoxy) is 2. The van der Waals surface area contributed by atoms with Crippen molar-refractivity contribution in [2.45, 2.75) is 5.92 Å². The van der Waals surface area contributed by atoms with Crippen molar-refractivity contribution in [2.24, 2.45) is 0 Å². The minimum Gasteiger partial charge on any atom is -0.493 e. The summed E-state index contributed by atoms with van der Waals surface area (Å²) < 4.78 is 10.4. The van der Waals surface area contributed by atoms with E-state index < -0.39 is 0 Å². The zero-order valence-electron chi connectivity index (χ0n) is 8.95. The number of hydrogen-bond donors (Lipinski definition) is 1. The zero-order valence-corrected chi connectivity index (χ0v) is 9.76. The summed E-state index contributed by atoms with van der Waals surface area (Å²) in [6.45, 7) is 2.13. The van der Waals surface area contributed by atoms with Gasteiger partial charge in [-0.15, -0.1) is 12.4 Å². The molecule has 2 rings (SSSR count). The number of halogens is 1. The molecular weight excluding hydrogens is 214 g/mol. The second-order valence-electron chi connectivity index (χ2n) is 3.47. The van der Waals surface area contributed by atoms with Gasteiger partial charge in [0, 0.05) is 19.0 Å². The second kappa shape index (κ2) is 5.24. The average Bonchev–Trinajstić information content (AvgIpc) is 2.15. The van der Waals surface area contributed by atoms with Gasteiger partial charge in [0.1, 0.15) is 0 Å². The second-order valence-corrected chi connectivity index (χ2v) is 3.47. The molecule has 4 heteroatoms. The summed E-state index contributed by atoms with van der Waals surface area (Å²) in [7, 11) is 3.32. The van der Waals surface area contributed by atoms with Crippen molar-refractivity contribution in [3.63, 3.8) is 0 Å². The summed E-state index contributed by atoms with van der Waals surface area (Å²) >= 11 is 0. The van der Waals surface area contributed by atoms with Gasteiger partial charge in [-0.25, -0.2) is 0 Å². The molecule has 84 valence electrons. The van der Waals surface area contributed by atoms with Crippen LogP contribution in [0.2, 0.25) is 0 Å². The van der Waals surface area contributed by atoms with Gasteiger partial charge in [0.15, 0.2) is 11.5 Å². The number of rotatable bonds is 3. The molecule has 3 nitrogen and oxygen atoms in total.